The number of nitrogens with zero attached hydrogens (tertiary/aromatic N) is 1. The topological polar surface area (TPSA) is 3.24 Å². The fourth-order valence-corrected chi connectivity index (χ4v) is 8.87. The molecule has 0 fully saturated rings. The van der Waals surface area contributed by atoms with E-state index in [0.717, 1.165) is 17.1 Å². The van der Waals surface area contributed by atoms with Gasteiger partial charge in [-0.25, -0.2) is 0 Å². The van der Waals surface area contributed by atoms with E-state index in [-0.39, 0.29) is 0 Å². The van der Waals surface area contributed by atoms with Gasteiger partial charge in [-0.1, -0.05) is 146 Å². The molecule has 2 heteroatoms. The molecule has 10 rings (SSSR count). The Balaban J connectivity index is 1.17. The lowest BCUT2D eigenvalue weighted by Crippen LogP contribution is -2.10. The summed E-state index contributed by atoms with van der Waals surface area (Å²) in [4.78, 5) is 2.41. The minimum Gasteiger partial charge on any atom is -0.310 e. The van der Waals surface area contributed by atoms with Crippen LogP contribution in [0.4, 0.5) is 17.1 Å². The number of thiophene rings is 1. The van der Waals surface area contributed by atoms with Crippen molar-refractivity contribution in [3.63, 3.8) is 0 Å². The fourth-order valence-electron chi connectivity index (χ4n) is 7.78. The lowest BCUT2D eigenvalue weighted by molar-refractivity contribution is 1.29. The zero-order chi connectivity index (χ0) is 34.4. The molecule has 1 nitrogen and oxygen atoms in total. The highest BCUT2D eigenvalue weighted by molar-refractivity contribution is 7.25. The van der Waals surface area contributed by atoms with Crippen LogP contribution in [0.2, 0.25) is 0 Å². The van der Waals surface area contributed by atoms with Crippen LogP contribution in [0.3, 0.4) is 0 Å². The van der Waals surface area contributed by atoms with Crippen LogP contribution < -0.4 is 4.90 Å². The predicted molar refractivity (Wildman–Crippen MR) is 225 cm³/mol. The SMILES string of the molecule is c1ccc(-c2ccc(N(c3ccc(-c4cc5ccccc5c5ccccc45)cc3)c3ccc4sc5ccccc5c4c3)cc2-c2ccccc2)cc1. The zero-order valence-corrected chi connectivity index (χ0v) is 29.2. The van der Waals surface area contributed by atoms with Crippen molar-refractivity contribution in [3.05, 3.63) is 200 Å². The Morgan fingerprint density at radius 2 is 0.827 bits per heavy atom. The van der Waals surface area contributed by atoms with Gasteiger partial charge >= 0.3 is 0 Å². The number of fused-ring (bicyclic) bond motifs is 6. The highest BCUT2D eigenvalue weighted by atomic mass is 32.1. The second-order valence-electron chi connectivity index (χ2n) is 13.3. The molecule has 0 bridgehead atoms. The normalized spacial score (nSPS) is 11.5. The molecule has 0 unspecified atom stereocenters. The Kier molecular flexibility index (Phi) is 7.41. The summed E-state index contributed by atoms with van der Waals surface area (Å²) in [6, 6.07) is 73.0. The molecular weight excluding hydrogens is 647 g/mol. The Morgan fingerprint density at radius 3 is 1.60 bits per heavy atom. The van der Waals surface area contributed by atoms with Gasteiger partial charge in [0.2, 0.25) is 0 Å². The molecule has 0 saturated heterocycles. The molecule has 0 aliphatic heterocycles. The van der Waals surface area contributed by atoms with Crippen molar-refractivity contribution in [1.82, 2.24) is 0 Å². The van der Waals surface area contributed by atoms with E-state index in [1.165, 1.54) is 75.1 Å². The maximum atomic E-state index is 2.41. The quantitative estimate of drug-likeness (QED) is 0.158. The van der Waals surface area contributed by atoms with Crippen molar-refractivity contribution in [1.29, 1.82) is 0 Å². The van der Waals surface area contributed by atoms with Crippen LogP contribution in [0, 0.1) is 0 Å². The highest BCUT2D eigenvalue weighted by Gasteiger charge is 2.18. The van der Waals surface area contributed by atoms with E-state index in [9.17, 15) is 0 Å². The second-order valence-corrected chi connectivity index (χ2v) is 14.4. The first-order valence-electron chi connectivity index (χ1n) is 17.8. The lowest BCUT2D eigenvalue weighted by Gasteiger charge is -2.27. The molecule has 10 aromatic rings. The number of hydrogen-bond donors (Lipinski definition) is 0. The van der Waals surface area contributed by atoms with Crippen LogP contribution in [0.25, 0.3) is 75.1 Å². The molecule has 0 aliphatic rings. The van der Waals surface area contributed by atoms with Crippen molar-refractivity contribution in [2.45, 2.75) is 0 Å². The molecule has 0 aliphatic carbocycles. The summed E-state index contributed by atoms with van der Waals surface area (Å²) < 4.78 is 2.61. The Hall–Kier alpha value is -6.48. The molecule has 244 valence electrons. The third-order valence-corrected chi connectivity index (χ3v) is 11.4. The third kappa shape index (κ3) is 5.24. The smallest absolute Gasteiger partial charge is 0.0468 e. The van der Waals surface area contributed by atoms with Gasteiger partial charge in [0.05, 0.1) is 0 Å². The van der Waals surface area contributed by atoms with Crippen molar-refractivity contribution in [2.75, 3.05) is 4.90 Å². The summed E-state index contributed by atoms with van der Waals surface area (Å²) >= 11 is 1.86. The van der Waals surface area contributed by atoms with Gasteiger partial charge in [0.1, 0.15) is 0 Å². The first-order chi connectivity index (χ1) is 25.8. The van der Waals surface area contributed by atoms with Crippen LogP contribution >= 0.6 is 11.3 Å². The zero-order valence-electron chi connectivity index (χ0n) is 28.4. The first-order valence-corrected chi connectivity index (χ1v) is 18.6. The predicted octanol–water partition coefficient (Wildman–Crippen LogP) is 14.8. The molecule has 9 aromatic carbocycles. The van der Waals surface area contributed by atoms with Gasteiger partial charge in [-0.05, 0) is 110 Å². The number of anilines is 3. The standard InChI is InChI=1S/C50H33NS/c1-3-13-34(14-4-1)42-29-27-39(32-47(42)35-15-5-2-6-16-35)51(40-28-30-50-48(33-40)45-21-11-12-22-49(45)52-50)38-25-23-36(24-26-38)46-31-37-17-7-8-18-41(37)43-19-9-10-20-44(43)46/h1-33H. The van der Waals surface area contributed by atoms with Crippen LogP contribution in [-0.4, -0.2) is 0 Å². The number of rotatable bonds is 6. The average molecular weight is 680 g/mol. The third-order valence-electron chi connectivity index (χ3n) is 10.3. The van der Waals surface area contributed by atoms with Gasteiger partial charge in [-0.15, -0.1) is 11.3 Å². The maximum absolute atomic E-state index is 2.41. The Bertz CT molecular complexity index is 2890. The molecule has 0 atom stereocenters. The van der Waals surface area contributed by atoms with Crippen molar-refractivity contribution in [3.8, 4) is 33.4 Å². The van der Waals surface area contributed by atoms with Crippen molar-refractivity contribution < 1.29 is 0 Å². The van der Waals surface area contributed by atoms with Gasteiger partial charge in [0.25, 0.3) is 0 Å². The van der Waals surface area contributed by atoms with Crippen molar-refractivity contribution >= 4 is 70.1 Å². The highest BCUT2D eigenvalue weighted by Crippen LogP contribution is 2.44. The minimum atomic E-state index is 1.11. The van der Waals surface area contributed by atoms with E-state index < -0.39 is 0 Å². The van der Waals surface area contributed by atoms with Gasteiger partial charge < -0.3 is 4.90 Å². The first kappa shape index (κ1) is 30.4. The molecular formula is C50H33NS. The molecule has 1 aromatic heterocycles. The molecule has 52 heavy (non-hydrogen) atoms. The van der Waals surface area contributed by atoms with Crippen LogP contribution in [-0.2, 0) is 0 Å². The maximum Gasteiger partial charge on any atom is 0.0468 e. The van der Waals surface area contributed by atoms with Gasteiger partial charge in [-0.3, -0.25) is 0 Å². The molecule has 1 heterocycles. The van der Waals surface area contributed by atoms with E-state index in [4.69, 9.17) is 0 Å². The Morgan fingerprint density at radius 1 is 0.288 bits per heavy atom. The molecule has 0 amide bonds. The molecule has 0 radical (unpaired) electrons. The van der Waals surface area contributed by atoms with Crippen molar-refractivity contribution in [2.24, 2.45) is 0 Å². The molecule has 0 saturated carbocycles. The van der Waals surface area contributed by atoms with Crippen LogP contribution in [0.15, 0.2) is 200 Å². The number of benzene rings is 9. The van der Waals surface area contributed by atoms with E-state index in [2.05, 4.69) is 205 Å². The summed E-state index contributed by atoms with van der Waals surface area (Å²) in [5.74, 6) is 0. The summed E-state index contributed by atoms with van der Waals surface area (Å²) in [5.41, 5.74) is 10.6. The fraction of sp³-hybridized carbons (Fsp3) is 0. The minimum absolute atomic E-state index is 1.11. The summed E-state index contributed by atoms with van der Waals surface area (Å²) in [6.45, 7) is 0. The summed E-state index contributed by atoms with van der Waals surface area (Å²) in [7, 11) is 0. The summed E-state index contributed by atoms with van der Waals surface area (Å²) in [5, 5.41) is 7.67. The van der Waals surface area contributed by atoms with E-state index >= 15 is 0 Å². The van der Waals surface area contributed by atoms with Crippen LogP contribution in [0.1, 0.15) is 0 Å². The number of hydrogen-bond acceptors (Lipinski definition) is 2. The molecule has 0 spiro atoms. The van der Waals surface area contributed by atoms with Gasteiger partial charge in [0, 0.05) is 37.2 Å². The average Bonchev–Trinajstić information content (AvgIpc) is 3.60. The van der Waals surface area contributed by atoms with E-state index in [0.29, 0.717) is 0 Å². The van der Waals surface area contributed by atoms with Crippen LogP contribution in [0.5, 0.6) is 0 Å². The lowest BCUT2D eigenvalue weighted by atomic mass is 9.93. The van der Waals surface area contributed by atoms with Gasteiger partial charge in [-0.2, -0.15) is 0 Å². The van der Waals surface area contributed by atoms with E-state index in [1.807, 2.05) is 11.3 Å². The largest absolute Gasteiger partial charge is 0.310 e. The summed E-state index contributed by atoms with van der Waals surface area (Å²) in [6.07, 6.45) is 0. The molecule has 0 N–H and O–H groups in total. The monoisotopic (exact) mass is 679 g/mol. The van der Waals surface area contributed by atoms with E-state index in [1.54, 1.807) is 0 Å². The second kappa shape index (κ2) is 12.7. The Labute approximate surface area is 307 Å². The van der Waals surface area contributed by atoms with Gasteiger partial charge in [0.15, 0.2) is 0 Å².